The molecule has 0 saturated carbocycles. The van der Waals surface area contributed by atoms with Crippen molar-refractivity contribution in [2.24, 2.45) is 0 Å². The highest BCUT2D eigenvalue weighted by molar-refractivity contribution is 6.89. The van der Waals surface area contributed by atoms with Crippen molar-refractivity contribution in [1.82, 2.24) is 9.38 Å². The van der Waals surface area contributed by atoms with Crippen LogP contribution in [0.3, 0.4) is 0 Å². The molecular formula is C19H18N2Si. The van der Waals surface area contributed by atoms with E-state index in [4.69, 9.17) is 4.98 Å². The zero-order chi connectivity index (χ0) is 15.1. The molecule has 1 aliphatic heterocycles. The molecule has 0 atom stereocenters. The number of aryl methyl sites for hydroxylation is 1. The minimum Gasteiger partial charge on any atom is -0.300 e. The van der Waals surface area contributed by atoms with Crippen molar-refractivity contribution in [2.45, 2.75) is 26.1 Å². The Kier molecular flexibility index (Phi) is 2.14. The normalized spacial score (nSPS) is 16.1. The van der Waals surface area contributed by atoms with Crippen molar-refractivity contribution in [3.05, 3.63) is 53.7 Å². The van der Waals surface area contributed by atoms with E-state index in [1.165, 1.54) is 44.2 Å². The number of pyridine rings is 1. The van der Waals surface area contributed by atoms with Crippen LogP contribution in [0.2, 0.25) is 13.1 Å². The summed E-state index contributed by atoms with van der Waals surface area (Å²) < 4.78 is 2.47. The Balaban J connectivity index is 2.23. The summed E-state index contributed by atoms with van der Waals surface area (Å²) in [5.74, 6) is 0. The van der Waals surface area contributed by atoms with Crippen LogP contribution in [0.25, 0.3) is 27.3 Å². The van der Waals surface area contributed by atoms with Gasteiger partial charge in [-0.25, -0.2) is 4.98 Å². The van der Waals surface area contributed by atoms with Crippen molar-refractivity contribution in [2.75, 3.05) is 0 Å². The third kappa shape index (κ3) is 1.33. The molecule has 2 aromatic heterocycles. The molecule has 0 saturated heterocycles. The Hall–Kier alpha value is -2.13. The summed E-state index contributed by atoms with van der Waals surface area (Å²) in [4.78, 5) is 4.82. The molecule has 0 spiro atoms. The van der Waals surface area contributed by atoms with Gasteiger partial charge in [0.2, 0.25) is 0 Å². The van der Waals surface area contributed by atoms with Gasteiger partial charge in [-0.1, -0.05) is 49.5 Å². The maximum absolute atomic E-state index is 4.82. The summed E-state index contributed by atoms with van der Waals surface area (Å²) in [6.07, 6.45) is 2.14. The van der Waals surface area contributed by atoms with Crippen molar-refractivity contribution in [1.29, 1.82) is 0 Å². The lowest BCUT2D eigenvalue weighted by atomic mass is 9.99. The van der Waals surface area contributed by atoms with Gasteiger partial charge in [-0.15, -0.1) is 0 Å². The zero-order valence-electron chi connectivity index (χ0n) is 13.1. The first kappa shape index (κ1) is 12.4. The third-order valence-electron chi connectivity index (χ3n) is 5.22. The van der Waals surface area contributed by atoms with Gasteiger partial charge in [0.25, 0.3) is 0 Å². The average molecular weight is 302 g/mol. The van der Waals surface area contributed by atoms with Gasteiger partial charge in [-0.3, -0.25) is 0 Å². The van der Waals surface area contributed by atoms with E-state index < -0.39 is 8.07 Å². The second-order valence-electron chi connectivity index (χ2n) is 7.17. The number of nitrogens with zero attached hydrogens (tertiary/aromatic N) is 2. The van der Waals surface area contributed by atoms with E-state index in [1.54, 1.807) is 0 Å². The summed E-state index contributed by atoms with van der Waals surface area (Å²) in [6.45, 7) is 7.14. The van der Waals surface area contributed by atoms with Gasteiger partial charge in [0, 0.05) is 22.3 Å². The Morgan fingerprint density at radius 2 is 1.82 bits per heavy atom. The molecule has 0 unspecified atom stereocenters. The number of hydrogen-bond acceptors (Lipinski definition) is 1. The second kappa shape index (κ2) is 3.79. The van der Waals surface area contributed by atoms with Gasteiger partial charge in [-0.2, -0.15) is 0 Å². The third-order valence-corrected chi connectivity index (χ3v) is 8.22. The van der Waals surface area contributed by atoms with Crippen LogP contribution in [0.4, 0.5) is 0 Å². The van der Waals surface area contributed by atoms with Gasteiger partial charge >= 0.3 is 0 Å². The Morgan fingerprint density at radius 3 is 2.64 bits per heavy atom. The first-order valence-corrected chi connectivity index (χ1v) is 11.1. The monoisotopic (exact) mass is 302 g/mol. The quantitative estimate of drug-likeness (QED) is 0.355. The highest BCUT2D eigenvalue weighted by Gasteiger charge is 2.34. The summed E-state index contributed by atoms with van der Waals surface area (Å²) in [7, 11) is -1.47. The van der Waals surface area contributed by atoms with Gasteiger partial charge in [0.05, 0.1) is 5.52 Å². The summed E-state index contributed by atoms with van der Waals surface area (Å²) in [5.41, 5.74) is 5.38. The molecule has 22 heavy (non-hydrogen) atoms. The Morgan fingerprint density at radius 1 is 1.05 bits per heavy atom. The van der Waals surface area contributed by atoms with Crippen LogP contribution < -0.4 is 5.32 Å². The number of fused-ring (bicyclic) bond motifs is 3. The van der Waals surface area contributed by atoms with E-state index in [2.05, 4.69) is 67.0 Å². The van der Waals surface area contributed by atoms with E-state index in [9.17, 15) is 0 Å². The molecule has 3 heterocycles. The number of rotatable bonds is 0. The number of imidazole rings is 1. The molecule has 0 aliphatic carbocycles. The van der Waals surface area contributed by atoms with Gasteiger partial charge in [0.15, 0.2) is 0 Å². The van der Waals surface area contributed by atoms with Crippen LogP contribution in [-0.4, -0.2) is 17.5 Å². The van der Waals surface area contributed by atoms with Crippen LogP contribution in [-0.2, 0) is 6.04 Å². The fourth-order valence-corrected chi connectivity index (χ4v) is 6.84. The fraction of sp³-hybridized carbons (Fsp3) is 0.211. The van der Waals surface area contributed by atoms with E-state index in [0.29, 0.717) is 0 Å². The zero-order valence-corrected chi connectivity index (χ0v) is 14.1. The molecule has 2 nitrogen and oxygen atoms in total. The Labute approximate surface area is 130 Å². The lowest BCUT2D eigenvalue weighted by Crippen LogP contribution is -2.49. The maximum atomic E-state index is 4.82. The molecule has 0 radical (unpaired) electrons. The second-order valence-corrected chi connectivity index (χ2v) is 11.8. The highest BCUT2D eigenvalue weighted by atomic mass is 28.3. The SMILES string of the molecule is Cc1ccc2c3c1c1ccccc1c1ncc(n13)[Si](C)(C)C2. The van der Waals surface area contributed by atoms with E-state index in [-0.39, 0.29) is 0 Å². The number of hydrogen-bond donors (Lipinski definition) is 0. The molecular weight excluding hydrogens is 284 g/mol. The lowest BCUT2D eigenvalue weighted by molar-refractivity contribution is 1.19. The molecule has 0 bridgehead atoms. The largest absolute Gasteiger partial charge is 0.300 e. The Bertz CT molecular complexity index is 1090. The van der Waals surface area contributed by atoms with Crippen LogP contribution in [0, 0.1) is 6.92 Å². The summed E-state index contributed by atoms with van der Waals surface area (Å²) in [5, 5.41) is 5.48. The average Bonchev–Trinajstić information content (AvgIpc) is 2.95. The standard InChI is InChI=1S/C19H18N2Si/c1-12-8-9-13-11-22(2,3)16-10-20-19-15-7-5-4-6-14(15)17(12)18(13)21(16)19/h4-10H,11H2,1-3H3. The van der Waals surface area contributed by atoms with Gasteiger partial charge < -0.3 is 4.40 Å². The summed E-state index contributed by atoms with van der Waals surface area (Å²) in [6, 6.07) is 14.6. The van der Waals surface area contributed by atoms with Crippen molar-refractivity contribution in [3.63, 3.8) is 0 Å². The first-order valence-electron chi connectivity index (χ1n) is 7.89. The van der Waals surface area contributed by atoms with Crippen LogP contribution in [0.5, 0.6) is 0 Å². The number of aromatic nitrogens is 2. The van der Waals surface area contributed by atoms with Crippen molar-refractivity contribution < 1.29 is 0 Å². The first-order chi connectivity index (χ1) is 10.6. The molecule has 3 heteroatoms. The minimum absolute atomic E-state index is 1.13. The predicted molar refractivity (Wildman–Crippen MR) is 95.8 cm³/mol. The number of benzene rings is 2. The van der Waals surface area contributed by atoms with E-state index in [1.807, 2.05) is 0 Å². The van der Waals surface area contributed by atoms with Gasteiger partial charge in [-0.05, 0) is 29.5 Å². The van der Waals surface area contributed by atoms with Gasteiger partial charge in [0.1, 0.15) is 13.7 Å². The van der Waals surface area contributed by atoms with Crippen LogP contribution >= 0.6 is 0 Å². The molecule has 2 aromatic carbocycles. The summed E-state index contributed by atoms with van der Waals surface area (Å²) >= 11 is 0. The molecule has 0 fully saturated rings. The van der Waals surface area contributed by atoms with E-state index >= 15 is 0 Å². The van der Waals surface area contributed by atoms with Crippen LogP contribution in [0.1, 0.15) is 11.1 Å². The van der Waals surface area contributed by atoms with Crippen molar-refractivity contribution >= 4 is 40.7 Å². The highest BCUT2D eigenvalue weighted by Crippen LogP contribution is 2.36. The van der Waals surface area contributed by atoms with Crippen LogP contribution in [0.15, 0.2) is 42.6 Å². The molecule has 4 aromatic rings. The lowest BCUT2D eigenvalue weighted by Gasteiger charge is -2.29. The van der Waals surface area contributed by atoms with E-state index in [0.717, 1.165) is 5.65 Å². The molecule has 0 N–H and O–H groups in total. The molecule has 0 amide bonds. The smallest absolute Gasteiger partial charge is 0.144 e. The predicted octanol–water partition coefficient (Wildman–Crippen LogP) is 3.96. The topological polar surface area (TPSA) is 17.3 Å². The fourth-order valence-electron chi connectivity index (χ4n) is 4.18. The molecule has 1 aliphatic rings. The molecule has 5 rings (SSSR count). The van der Waals surface area contributed by atoms with Crippen molar-refractivity contribution in [3.8, 4) is 0 Å². The molecule has 108 valence electrons. The minimum atomic E-state index is -1.47. The maximum Gasteiger partial charge on any atom is 0.144 e.